The largest absolute Gasteiger partial charge is 0.325 e. The van der Waals surface area contributed by atoms with Crippen LogP contribution in [0.4, 0.5) is 20.0 Å². The summed E-state index contributed by atoms with van der Waals surface area (Å²) < 4.78 is 13.2. The molecule has 0 unspecified atom stereocenters. The fraction of sp³-hybridized carbons (Fsp3) is 0. The third kappa shape index (κ3) is 4.00. The first kappa shape index (κ1) is 16.6. The number of amides is 2. The third-order valence-corrected chi connectivity index (χ3v) is 4.33. The van der Waals surface area contributed by atoms with Gasteiger partial charge in [-0.2, -0.15) is 0 Å². The lowest BCUT2D eigenvalue weighted by Crippen LogP contribution is -2.19. The maximum Gasteiger partial charge on any atom is 0.325 e. The second-order valence-electron chi connectivity index (χ2n) is 4.63. The normalized spacial score (nSPS) is 10.5. The number of anilines is 2. The third-order valence-electron chi connectivity index (χ3n) is 2.90. The number of carbonyl (C=O) groups excluding carboxylic acids is 1. The minimum absolute atomic E-state index is 0.275. The van der Waals surface area contributed by atoms with Crippen molar-refractivity contribution in [1.82, 2.24) is 10.2 Å². The number of nitrogens with zero attached hydrogens (tertiary/aromatic N) is 2. The molecule has 2 N–H and O–H groups in total. The van der Waals surface area contributed by atoms with Gasteiger partial charge >= 0.3 is 6.03 Å². The summed E-state index contributed by atoms with van der Waals surface area (Å²) in [4.78, 5) is 12.0. The topological polar surface area (TPSA) is 66.9 Å². The number of halogens is 3. The van der Waals surface area contributed by atoms with Crippen molar-refractivity contribution in [1.29, 1.82) is 0 Å². The molecule has 0 aliphatic rings. The van der Waals surface area contributed by atoms with E-state index in [-0.39, 0.29) is 10.9 Å². The molecule has 1 heterocycles. The van der Waals surface area contributed by atoms with Crippen LogP contribution in [0.5, 0.6) is 0 Å². The highest BCUT2D eigenvalue weighted by Crippen LogP contribution is 2.28. The van der Waals surface area contributed by atoms with E-state index in [0.717, 1.165) is 11.3 Å². The molecule has 0 aliphatic heterocycles. The second kappa shape index (κ2) is 7.12. The Balaban J connectivity index is 1.69. The van der Waals surface area contributed by atoms with Gasteiger partial charge < -0.3 is 5.32 Å². The molecule has 122 valence electrons. The van der Waals surface area contributed by atoms with Gasteiger partial charge in [0.05, 0.1) is 10.7 Å². The van der Waals surface area contributed by atoms with Gasteiger partial charge in [0.1, 0.15) is 10.8 Å². The molecule has 0 saturated carbocycles. The van der Waals surface area contributed by atoms with E-state index >= 15 is 0 Å². The van der Waals surface area contributed by atoms with Crippen LogP contribution in [0.15, 0.2) is 42.5 Å². The van der Waals surface area contributed by atoms with Gasteiger partial charge in [0.25, 0.3) is 0 Å². The van der Waals surface area contributed by atoms with Gasteiger partial charge in [-0.15, -0.1) is 10.2 Å². The maximum absolute atomic E-state index is 13.2. The zero-order valence-electron chi connectivity index (χ0n) is 11.9. The Bertz CT molecular complexity index is 903. The van der Waals surface area contributed by atoms with Crippen LogP contribution >= 0.6 is 34.5 Å². The summed E-state index contributed by atoms with van der Waals surface area (Å²) in [7, 11) is 0. The molecule has 5 nitrogen and oxygen atoms in total. The smallest absolute Gasteiger partial charge is 0.306 e. The molecule has 3 rings (SSSR count). The summed E-state index contributed by atoms with van der Waals surface area (Å²) in [6.45, 7) is 0. The van der Waals surface area contributed by atoms with Gasteiger partial charge in [-0.25, -0.2) is 9.18 Å². The van der Waals surface area contributed by atoms with Crippen LogP contribution in [0.3, 0.4) is 0 Å². The molecule has 0 spiro atoms. The Hall–Kier alpha value is -2.22. The number of urea groups is 1. The molecule has 3 aromatic rings. The Labute approximate surface area is 150 Å². The zero-order valence-corrected chi connectivity index (χ0v) is 14.2. The summed E-state index contributed by atoms with van der Waals surface area (Å²) in [6.07, 6.45) is 0. The average Bonchev–Trinajstić information content (AvgIpc) is 2.98. The first-order valence-corrected chi connectivity index (χ1v) is 8.21. The number of nitrogens with one attached hydrogen (secondary N) is 2. The van der Waals surface area contributed by atoms with Gasteiger partial charge in [0, 0.05) is 10.6 Å². The van der Waals surface area contributed by atoms with Crippen molar-refractivity contribution in [2.45, 2.75) is 0 Å². The first-order chi connectivity index (χ1) is 11.5. The molecular weight excluding hydrogens is 374 g/mol. The number of carbonyl (C=O) groups is 1. The Morgan fingerprint density at radius 2 is 1.92 bits per heavy atom. The molecule has 0 saturated heterocycles. The van der Waals surface area contributed by atoms with Crippen molar-refractivity contribution in [3.05, 3.63) is 58.3 Å². The summed E-state index contributed by atoms with van der Waals surface area (Å²) >= 11 is 12.9. The highest BCUT2D eigenvalue weighted by Gasteiger charge is 2.11. The predicted octanol–water partition coefficient (Wildman–Crippen LogP) is 5.30. The number of rotatable bonds is 3. The summed E-state index contributed by atoms with van der Waals surface area (Å²) in [5.74, 6) is -0.368. The van der Waals surface area contributed by atoms with Crippen LogP contribution in [-0.2, 0) is 0 Å². The Morgan fingerprint density at radius 1 is 1.08 bits per heavy atom. The quantitative estimate of drug-likeness (QED) is 0.645. The van der Waals surface area contributed by atoms with E-state index in [4.69, 9.17) is 23.2 Å². The summed E-state index contributed by atoms with van der Waals surface area (Å²) in [5.41, 5.74) is 0.995. The van der Waals surface area contributed by atoms with Crippen LogP contribution < -0.4 is 10.6 Å². The fourth-order valence-corrected chi connectivity index (χ4v) is 3.04. The molecule has 24 heavy (non-hydrogen) atoms. The molecule has 2 amide bonds. The van der Waals surface area contributed by atoms with Gasteiger partial charge in [-0.1, -0.05) is 46.7 Å². The van der Waals surface area contributed by atoms with Crippen LogP contribution in [0.1, 0.15) is 0 Å². The standard InChI is InChI=1S/C15H9Cl2FN4OS/c16-9-4-5-12(11(17)7-9)19-14(23)20-15-22-21-13(24-15)8-2-1-3-10(18)6-8/h1-7H,(H2,19,20,22,23). The van der Waals surface area contributed by atoms with E-state index in [1.807, 2.05) is 0 Å². The van der Waals surface area contributed by atoms with Crippen LogP contribution in [0.25, 0.3) is 10.6 Å². The van der Waals surface area contributed by atoms with E-state index in [2.05, 4.69) is 20.8 Å². The summed E-state index contributed by atoms with van der Waals surface area (Å²) in [6, 6.07) is 10.2. The second-order valence-corrected chi connectivity index (χ2v) is 6.45. The lowest BCUT2D eigenvalue weighted by Gasteiger charge is -2.07. The lowest BCUT2D eigenvalue weighted by molar-refractivity contribution is 0.262. The Kier molecular flexibility index (Phi) is 4.94. The van der Waals surface area contributed by atoms with Crippen molar-refractivity contribution in [3.8, 4) is 10.6 Å². The van der Waals surface area contributed by atoms with E-state index in [1.54, 1.807) is 24.3 Å². The van der Waals surface area contributed by atoms with Gasteiger partial charge in [0.2, 0.25) is 5.13 Å². The molecule has 0 aliphatic carbocycles. The molecule has 0 atom stereocenters. The number of aromatic nitrogens is 2. The van der Waals surface area contributed by atoms with E-state index in [9.17, 15) is 9.18 Å². The zero-order chi connectivity index (χ0) is 17.1. The first-order valence-electron chi connectivity index (χ1n) is 6.64. The molecular formula is C15H9Cl2FN4OS. The van der Waals surface area contributed by atoms with Crippen molar-refractivity contribution in [2.24, 2.45) is 0 Å². The Morgan fingerprint density at radius 3 is 2.67 bits per heavy atom. The highest BCUT2D eigenvalue weighted by molar-refractivity contribution is 7.18. The van der Waals surface area contributed by atoms with Gasteiger partial charge in [0.15, 0.2) is 0 Å². The van der Waals surface area contributed by atoms with Crippen molar-refractivity contribution in [2.75, 3.05) is 10.6 Å². The number of benzene rings is 2. The summed E-state index contributed by atoms with van der Waals surface area (Å²) in [5, 5.41) is 14.5. The molecule has 0 radical (unpaired) electrons. The van der Waals surface area contributed by atoms with Gasteiger partial charge in [-0.3, -0.25) is 5.32 Å². The minimum Gasteiger partial charge on any atom is -0.306 e. The molecule has 2 aromatic carbocycles. The average molecular weight is 383 g/mol. The minimum atomic E-state index is -0.527. The van der Waals surface area contributed by atoms with Crippen LogP contribution in [0, 0.1) is 5.82 Å². The van der Waals surface area contributed by atoms with Crippen LogP contribution in [-0.4, -0.2) is 16.2 Å². The van der Waals surface area contributed by atoms with Crippen LogP contribution in [0.2, 0.25) is 10.0 Å². The maximum atomic E-state index is 13.2. The SMILES string of the molecule is O=C(Nc1nnc(-c2cccc(F)c2)s1)Nc1ccc(Cl)cc1Cl. The molecule has 1 aromatic heterocycles. The van der Waals surface area contributed by atoms with E-state index in [1.165, 1.54) is 18.2 Å². The fourth-order valence-electron chi connectivity index (χ4n) is 1.85. The monoisotopic (exact) mass is 382 g/mol. The number of hydrogen-bond donors (Lipinski definition) is 2. The van der Waals surface area contributed by atoms with Crippen molar-refractivity contribution >= 4 is 51.4 Å². The van der Waals surface area contributed by atoms with E-state index < -0.39 is 6.03 Å². The van der Waals surface area contributed by atoms with Gasteiger partial charge in [-0.05, 0) is 30.3 Å². The predicted molar refractivity (Wildman–Crippen MR) is 94.4 cm³/mol. The molecule has 0 fully saturated rings. The number of hydrogen-bond acceptors (Lipinski definition) is 4. The van der Waals surface area contributed by atoms with Crippen molar-refractivity contribution < 1.29 is 9.18 Å². The van der Waals surface area contributed by atoms with Crippen molar-refractivity contribution in [3.63, 3.8) is 0 Å². The lowest BCUT2D eigenvalue weighted by atomic mass is 10.2. The highest BCUT2D eigenvalue weighted by atomic mass is 35.5. The molecule has 9 heteroatoms. The molecule has 0 bridgehead atoms. The van der Waals surface area contributed by atoms with E-state index in [0.29, 0.717) is 26.3 Å².